The normalized spacial score (nSPS) is 16.3. The van der Waals surface area contributed by atoms with Gasteiger partial charge in [-0.05, 0) is 36.8 Å². The fourth-order valence-corrected chi connectivity index (χ4v) is 2.31. The molecule has 0 aromatic heterocycles. The molecule has 0 spiro atoms. The van der Waals surface area contributed by atoms with Crippen LogP contribution in [0.3, 0.4) is 0 Å². The number of nitrogens with one attached hydrogen (secondary N) is 2. The summed E-state index contributed by atoms with van der Waals surface area (Å²) in [6, 6.07) is 5.45. The fourth-order valence-electron chi connectivity index (χ4n) is 2.08. The molecule has 0 atom stereocenters. The molecule has 21 heavy (non-hydrogen) atoms. The number of rotatable bonds is 3. The highest BCUT2D eigenvalue weighted by molar-refractivity contribution is 7.80. The molecule has 0 saturated heterocycles. The first-order valence-corrected chi connectivity index (χ1v) is 6.84. The molecule has 2 heterocycles. The lowest BCUT2D eigenvalue weighted by Crippen LogP contribution is -2.42. The van der Waals surface area contributed by atoms with Crippen molar-refractivity contribution in [3.63, 3.8) is 0 Å². The Kier molecular flexibility index (Phi) is 3.66. The predicted octanol–water partition coefficient (Wildman–Crippen LogP) is 1.21. The van der Waals surface area contributed by atoms with E-state index < -0.39 is 0 Å². The Morgan fingerprint density at radius 2 is 2.19 bits per heavy atom. The number of hydrogen-bond donors (Lipinski definition) is 2. The van der Waals surface area contributed by atoms with Crippen LogP contribution < -0.4 is 20.1 Å². The SMILES string of the molecule is CC1=C(C(=O)OCc2ccc3c(c2)OCO3)CNC(=S)N1. The number of ether oxygens (including phenoxy) is 3. The smallest absolute Gasteiger partial charge is 0.337 e. The summed E-state index contributed by atoms with van der Waals surface area (Å²) in [5.74, 6) is 1.01. The highest BCUT2D eigenvalue weighted by Crippen LogP contribution is 2.32. The summed E-state index contributed by atoms with van der Waals surface area (Å²) in [6.45, 7) is 2.57. The Hall–Kier alpha value is -2.28. The van der Waals surface area contributed by atoms with Crippen LogP contribution in [0.5, 0.6) is 11.5 Å². The molecule has 2 aliphatic rings. The number of thiocarbonyl (C=S) groups is 1. The highest BCUT2D eigenvalue weighted by atomic mass is 32.1. The van der Waals surface area contributed by atoms with Gasteiger partial charge in [-0.2, -0.15) is 0 Å². The molecule has 0 aliphatic carbocycles. The van der Waals surface area contributed by atoms with Crippen LogP contribution in [0.25, 0.3) is 0 Å². The molecule has 0 radical (unpaired) electrons. The van der Waals surface area contributed by atoms with E-state index in [9.17, 15) is 4.79 Å². The fraction of sp³-hybridized carbons (Fsp3) is 0.286. The lowest BCUT2D eigenvalue weighted by molar-refractivity contribution is -0.140. The van der Waals surface area contributed by atoms with Gasteiger partial charge in [-0.1, -0.05) is 6.07 Å². The van der Waals surface area contributed by atoms with Crippen molar-refractivity contribution in [2.45, 2.75) is 13.5 Å². The van der Waals surface area contributed by atoms with Gasteiger partial charge in [0.1, 0.15) is 6.61 Å². The third-order valence-electron chi connectivity index (χ3n) is 3.23. The second-order valence-electron chi connectivity index (χ2n) is 4.67. The predicted molar refractivity (Wildman–Crippen MR) is 78.8 cm³/mol. The van der Waals surface area contributed by atoms with Crippen molar-refractivity contribution in [1.29, 1.82) is 0 Å². The van der Waals surface area contributed by atoms with Gasteiger partial charge in [0, 0.05) is 5.70 Å². The first kappa shape index (κ1) is 13.7. The molecule has 0 saturated carbocycles. The van der Waals surface area contributed by atoms with Crippen LogP contribution in [0.15, 0.2) is 29.5 Å². The second-order valence-corrected chi connectivity index (χ2v) is 5.08. The molecule has 2 aliphatic heterocycles. The maximum Gasteiger partial charge on any atom is 0.337 e. The Morgan fingerprint density at radius 1 is 1.38 bits per heavy atom. The molecule has 1 aromatic rings. The van der Waals surface area contributed by atoms with Gasteiger partial charge in [0.15, 0.2) is 16.6 Å². The van der Waals surface area contributed by atoms with E-state index in [4.69, 9.17) is 26.4 Å². The first-order valence-electron chi connectivity index (χ1n) is 6.44. The molecule has 3 rings (SSSR count). The van der Waals surface area contributed by atoms with Crippen LogP contribution in [0, 0.1) is 0 Å². The van der Waals surface area contributed by atoms with Crippen molar-refractivity contribution in [3.8, 4) is 11.5 Å². The molecular formula is C14H14N2O4S. The third kappa shape index (κ3) is 2.92. The Bertz CT molecular complexity index is 642. The van der Waals surface area contributed by atoms with E-state index in [1.165, 1.54) is 0 Å². The Labute approximate surface area is 127 Å². The van der Waals surface area contributed by atoms with Crippen molar-refractivity contribution in [2.24, 2.45) is 0 Å². The minimum absolute atomic E-state index is 0.177. The zero-order chi connectivity index (χ0) is 14.8. The largest absolute Gasteiger partial charge is 0.457 e. The van der Waals surface area contributed by atoms with Crippen LogP contribution in [-0.4, -0.2) is 24.4 Å². The maximum absolute atomic E-state index is 12.1. The van der Waals surface area contributed by atoms with E-state index >= 15 is 0 Å². The van der Waals surface area contributed by atoms with Crippen LogP contribution in [-0.2, 0) is 16.1 Å². The molecule has 0 bridgehead atoms. The van der Waals surface area contributed by atoms with E-state index in [2.05, 4.69) is 10.6 Å². The minimum Gasteiger partial charge on any atom is -0.457 e. The summed E-state index contributed by atoms with van der Waals surface area (Å²) < 4.78 is 15.8. The standard InChI is InChI=1S/C14H14N2O4S/c1-8-10(5-15-14(21)16-8)13(17)18-6-9-2-3-11-12(4-9)20-7-19-11/h2-4H,5-7H2,1H3,(H2,15,16,21). The lowest BCUT2D eigenvalue weighted by atomic mass is 10.2. The van der Waals surface area contributed by atoms with Crippen molar-refractivity contribution in [3.05, 3.63) is 35.0 Å². The molecule has 1 aromatic carbocycles. The second kappa shape index (κ2) is 5.61. The van der Waals surface area contributed by atoms with Crippen molar-refractivity contribution in [1.82, 2.24) is 10.6 Å². The summed E-state index contributed by atoms with van der Waals surface area (Å²) in [5.41, 5.74) is 2.11. The number of allylic oxidation sites excluding steroid dienone is 1. The van der Waals surface area contributed by atoms with Gasteiger partial charge in [-0.3, -0.25) is 0 Å². The quantitative estimate of drug-likeness (QED) is 0.642. The number of fused-ring (bicyclic) bond motifs is 1. The lowest BCUT2D eigenvalue weighted by Gasteiger charge is -2.20. The van der Waals surface area contributed by atoms with Gasteiger partial charge in [-0.25, -0.2) is 4.79 Å². The topological polar surface area (TPSA) is 68.8 Å². The Balaban J connectivity index is 1.64. The van der Waals surface area contributed by atoms with Gasteiger partial charge in [0.05, 0.1) is 12.1 Å². The highest BCUT2D eigenvalue weighted by Gasteiger charge is 2.20. The van der Waals surface area contributed by atoms with Crippen LogP contribution in [0.4, 0.5) is 0 Å². The van der Waals surface area contributed by atoms with Gasteiger partial charge < -0.3 is 24.8 Å². The first-order chi connectivity index (χ1) is 10.1. The van der Waals surface area contributed by atoms with E-state index in [0.717, 1.165) is 11.3 Å². The zero-order valence-corrected chi connectivity index (χ0v) is 12.2. The Morgan fingerprint density at radius 3 is 3.00 bits per heavy atom. The van der Waals surface area contributed by atoms with E-state index in [1.807, 2.05) is 12.1 Å². The van der Waals surface area contributed by atoms with Gasteiger partial charge in [-0.15, -0.1) is 0 Å². The summed E-state index contributed by atoms with van der Waals surface area (Å²) in [4.78, 5) is 12.1. The molecule has 0 fully saturated rings. The van der Waals surface area contributed by atoms with Crippen molar-refractivity contribution >= 4 is 23.3 Å². The summed E-state index contributed by atoms with van der Waals surface area (Å²) in [6.07, 6.45) is 0. The molecule has 0 unspecified atom stereocenters. The maximum atomic E-state index is 12.1. The van der Waals surface area contributed by atoms with E-state index in [-0.39, 0.29) is 19.4 Å². The molecule has 110 valence electrons. The van der Waals surface area contributed by atoms with Gasteiger partial charge >= 0.3 is 5.97 Å². The van der Waals surface area contributed by atoms with Crippen LogP contribution in [0.1, 0.15) is 12.5 Å². The van der Waals surface area contributed by atoms with Gasteiger partial charge in [0.2, 0.25) is 6.79 Å². The van der Waals surface area contributed by atoms with E-state index in [0.29, 0.717) is 28.7 Å². The number of esters is 1. The summed E-state index contributed by atoms with van der Waals surface area (Å²) >= 11 is 4.97. The molecule has 6 nitrogen and oxygen atoms in total. The average Bonchev–Trinajstić information content (AvgIpc) is 2.92. The van der Waals surface area contributed by atoms with E-state index in [1.54, 1.807) is 13.0 Å². The minimum atomic E-state index is -0.368. The third-order valence-corrected chi connectivity index (χ3v) is 3.48. The zero-order valence-electron chi connectivity index (χ0n) is 11.4. The van der Waals surface area contributed by atoms with Crippen molar-refractivity contribution < 1.29 is 19.0 Å². The summed E-state index contributed by atoms with van der Waals surface area (Å²) in [5, 5.41) is 6.32. The molecule has 0 amide bonds. The number of carbonyl (C=O) groups is 1. The average molecular weight is 306 g/mol. The molecular weight excluding hydrogens is 292 g/mol. The van der Waals surface area contributed by atoms with Gasteiger partial charge in [0.25, 0.3) is 0 Å². The number of hydrogen-bond acceptors (Lipinski definition) is 5. The van der Waals surface area contributed by atoms with Crippen LogP contribution in [0.2, 0.25) is 0 Å². The van der Waals surface area contributed by atoms with Crippen LogP contribution >= 0.6 is 12.2 Å². The molecule has 7 heteroatoms. The number of benzene rings is 1. The summed E-state index contributed by atoms with van der Waals surface area (Å²) in [7, 11) is 0. The molecule has 2 N–H and O–H groups in total. The van der Waals surface area contributed by atoms with Crippen molar-refractivity contribution in [2.75, 3.05) is 13.3 Å². The number of carbonyl (C=O) groups excluding carboxylic acids is 1. The monoisotopic (exact) mass is 306 g/mol.